The summed E-state index contributed by atoms with van der Waals surface area (Å²) in [5.74, 6) is -0.923. The van der Waals surface area contributed by atoms with Gasteiger partial charge in [-0.2, -0.15) is 0 Å². The normalized spacial score (nSPS) is 11.4. The molecule has 96 valence electrons. The molecule has 8 heteroatoms. The fourth-order valence-corrected chi connectivity index (χ4v) is 1.45. The number of ether oxygens (including phenoxy) is 2. The lowest BCUT2D eigenvalue weighted by molar-refractivity contribution is -0.275. The Morgan fingerprint density at radius 2 is 2.12 bits per heavy atom. The van der Waals surface area contributed by atoms with Crippen molar-refractivity contribution in [3.63, 3.8) is 0 Å². The number of pyridine rings is 1. The fourth-order valence-electron chi connectivity index (χ4n) is 1.21. The van der Waals surface area contributed by atoms with Gasteiger partial charge >= 0.3 is 6.36 Å². The Bertz CT molecular complexity index is 398. The summed E-state index contributed by atoms with van der Waals surface area (Å²) >= 11 is 5.52. The van der Waals surface area contributed by atoms with E-state index >= 15 is 0 Å². The van der Waals surface area contributed by atoms with E-state index in [1.807, 2.05) is 0 Å². The topological polar surface area (TPSA) is 51.6 Å². The van der Waals surface area contributed by atoms with E-state index in [-0.39, 0.29) is 22.9 Å². The molecule has 1 N–H and O–H groups in total. The van der Waals surface area contributed by atoms with Crippen LogP contribution in [0, 0.1) is 0 Å². The summed E-state index contributed by atoms with van der Waals surface area (Å²) in [7, 11) is 1.24. The summed E-state index contributed by atoms with van der Waals surface area (Å²) in [5.41, 5.74) is -0.170. The molecule has 0 atom stereocenters. The second kappa shape index (κ2) is 5.42. The first-order valence-electron chi connectivity index (χ1n) is 4.40. The SMILES string of the molecule is COc1ncc(CO)c(OC(F)(F)F)c1CCl. The number of halogens is 4. The minimum atomic E-state index is -4.88. The van der Waals surface area contributed by atoms with Crippen molar-refractivity contribution < 1.29 is 27.8 Å². The van der Waals surface area contributed by atoms with Gasteiger partial charge in [-0.1, -0.05) is 0 Å². The molecule has 0 bridgehead atoms. The molecular formula is C9H9ClF3NO3. The van der Waals surface area contributed by atoms with E-state index in [0.717, 1.165) is 6.20 Å². The van der Waals surface area contributed by atoms with Crippen molar-refractivity contribution in [3.8, 4) is 11.6 Å². The number of hydrogen-bond donors (Lipinski definition) is 1. The van der Waals surface area contributed by atoms with E-state index < -0.39 is 18.7 Å². The summed E-state index contributed by atoms with van der Waals surface area (Å²) in [6.45, 7) is -0.647. The van der Waals surface area contributed by atoms with Crippen LogP contribution in [0.15, 0.2) is 6.20 Å². The molecule has 17 heavy (non-hydrogen) atoms. The van der Waals surface area contributed by atoms with E-state index in [4.69, 9.17) is 21.4 Å². The molecule has 1 heterocycles. The quantitative estimate of drug-likeness (QED) is 0.853. The summed E-state index contributed by atoms with van der Waals surface area (Å²) in [6.07, 6.45) is -3.84. The molecule has 0 amide bonds. The van der Waals surface area contributed by atoms with Crippen LogP contribution in [0.1, 0.15) is 11.1 Å². The summed E-state index contributed by atoms with van der Waals surface area (Å²) in [6, 6.07) is 0. The highest BCUT2D eigenvalue weighted by molar-refractivity contribution is 6.17. The van der Waals surface area contributed by atoms with Crippen molar-refractivity contribution in [3.05, 3.63) is 17.3 Å². The smallest absolute Gasteiger partial charge is 0.481 e. The Kier molecular flexibility index (Phi) is 4.41. The first-order chi connectivity index (χ1) is 7.92. The van der Waals surface area contributed by atoms with Gasteiger partial charge in [-0.15, -0.1) is 24.8 Å². The average Bonchev–Trinajstić information content (AvgIpc) is 2.26. The first kappa shape index (κ1) is 13.9. The Morgan fingerprint density at radius 3 is 2.53 bits per heavy atom. The van der Waals surface area contributed by atoms with E-state index in [9.17, 15) is 13.2 Å². The lowest BCUT2D eigenvalue weighted by Crippen LogP contribution is -2.19. The number of methoxy groups -OCH3 is 1. The van der Waals surface area contributed by atoms with E-state index in [0.29, 0.717) is 0 Å². The monoisotopic (exact) mass is 271 g/mol. The summed E-state index contributed by atoms with van der Waals surface area (Å²) < 4.78 is 45.2. The van der Waals surface area contributed by atoms with Crippen molar-refractivity contribution in [1.29, 1.82) is 0 Å². The summed E-state index contributed by atoms with van der Waals surface area (Å²) in [4.78, 5) is 3.72. The van der Waals surface area contributed by atoms with Crippen LogP contribution in [-0.4, -0.2) is 23.6 Å². The second-order valence-electron chi connectivity index (χ2n) is 2.94. The number of nitrogens with zero attached hydrogens (tertiary/aromatic N) is 1. The van der Waals surface area contributed by atoms with Crippen LogP contribution in [0.5, 0.6) is 11.6 Å². The van der Waals surface area contributed by atoms with Crippen molar-refractivity contribution >= 4 is 11.6 Å². The lowest BCUT2D eigenvalue weighted by Gasteiger charge is -2.16. The number of rotatable bonds is 4. The fraction of sp³-hybridized carbons (Fsp3) is 0.444. The number of hydrogen-bond acceptors (Lipinski definition) is 4. The van der Waals surface area contributed by atoms with Gasteiger partial charge in [-0.05, 0) is 0 Å². The number of aromatic nitrogens is 1. The zero-order valence-electron chi connectivity index (χ0n) is 8.71. The van der Waals surface area contributed by atoms with Gasteiger partial charge in [0, 0.05) is 11.8 Å². The molecular weight excluding hydrogens is 263 g/mol. The first-order valence-corrected chi connectivity index (χ1v) is 4.93. The maximum absolute atomic E-state index is 12.2. The molecule has 1 rings (SSSR count). The number of aliphatic hydroxyl groups excluding tert-OH is 1. The van der Waals surface area contributed by atoms with Gasteiger partial charge in [0.25, 0.3) is 0 Å². The van der Waals surface area contributed by atoms with Crippen molar-refractivity contribution in [1.82, 2.24) is 4.98 Å². The molecule has 0 fully saturated rings. The third kappa shape index (κ3) is 3.37. The molecule has 0 unspecified atom stereocenters. The van der Waals surface area contributed by atoms with Crippen molar-refractivity contribution in [2.24, 2.45) is 0 Å². The Labute approximate surface area is 99.9 Å². The van der Waals surface area contributed by atoms with Crippen LogP contribution in [0.25, 0.3) is 0 Å². The Hall–Kier alpha value is -1.21. The predicted molar refractivity (Wildman–Crippen MR) is 53.0 cm³/mol. The highest BCUT2D eigenvalue weighted by Gasteiger charge is 2.34. The molecule has 0 saturated carbocycles. The average molecular weight is 272 g/mol. The minimum absolute atomic E-state index is 0.0574. The van der Waals surface area contributed by atoms with Gasteiger partial charge in [-0.3, -0.25) is 0 Å². The summed E-state index contributed by atoms with van der Waals surface area (Å²) in [5, 5.41) is 8.93. The van der Waals surface area contributed by atoms with Gasteiger partial charge in [0.1, 0.15) is 5.75 Å². The second-order valence-corrected chi connectivity index (χ2v) is 3.21. The third-order valence-electron chi connectivity index (χ3n) is 1.88. The Balaban J connectivity index is 3.30. The van der Waals surface area contributed by atoms with Gasteiger partial charge in [0.15, 0.2) is 0 Å². The Morgan fingerprint density at radius 1 is 1.47 bits per heavy atom. The highest BCUT2D eigenvalue weighted by atomic mass is 35.5. The highest BCUT2D eigenvalue weighted by Crippen LogP contribution is 2.35. The molecule has 0 aliphatic carbocycles. The van der Waals surface area contributed by atoms with Gasteiger partial charge in [-0.25, -0.2) is 4.98 Å². The van der Waals surface area contributed by atoms with Crippen LogP contribution in [0.2, 0.25) is 0 Å². The van der Waals surface area contributed by atoms with Crippen LogP contribution in [0.3, 0.4) is 0 Å². The molecule has 4 nitrogen and oxygen atoms in total. The predicted octanol–water partition coefficient (Wildman–Crippen LogP) is 2.22. The van der Waals surface area contributed by atoms with Crippen molar-refractivity contribution in [2.75, 3.05) is 7.11 Å². The van der Waals surface area contributed by atoms with Gasteiger partial charge < -0.3 is 14.6 Å². The standard InChI is InChI=1S/C9H9ClF3NO3/c1-16-8-6(2-10)7(17-9(11,12)13)5(4-15)3-14-8/h3,15H,2,4H2,1H3. The third-order valence-corrected chi connectivity index (χ3v) is 2.14. The van der Waals surface area contributed by atoms with Crippen LogP contribution in [0.4, 0.5) is 13.2 Å². The molecule has 0 aliphatic heterocycles. The maximum Gasteiger partial charge on any atom is 0.573 e. The van der Waals surface area contributed by atoms with Crippen LogP contribution < -0.4 is 9.47 Å². The minimum Gasteiger partial charge on any atom is -0.481 e. The number of alkyl halides is 4. The molecule has 0 saturated heterocycles. The maximum atomic E-state index is 12.2. The van der Waals surface area contributed by atoms with Crippen LogP contribution in [-0.2, 0) is 12.5 Å². The molecule has 0 aliphatic rings. The van der Waals surface area contributed by atoms with E-state index in [1.54, 1.807) is 0 Å². The molecule has 0 aromatic carbocycles. The largest absolute Gasteiger partial charge is 0.573 e. The number of aliphatic hydroxyl groups is 1. The van der Waals surface area contributed by atoms with E-state index in [1.165, 1.54) is 7.11 Å². The zero-order valence-corrected chi connectivity index (χ0v) is 9.47. The lowest BCUT2D eigenvalue weighted by atomic mass is 10.2. The van der Waals surface area contributed by atoms with Gasteiger partial charge in [0.05, 0.1) is 25.2 Å². The molecule has 1 aromatic rings. The van der Waals surface area contributed by atoms with Crippen molar-refractivity contribution in [2.45, 2.75) is 18.8 Å². The molecule has 0 radical (unpaired) electrons. The van der Waals surface area contributed by atoms with E-state index in [2.05, 4.69) is 9.72 Å². The zero-order chi connectivity index (χ0) is 13.1. The van der Waals surface area contributed by atoms with Gasteiger partial charge in [0.2, 0.25) is 5.88 Å². The molecule has 1 aromatic heterocycles. The van der Waals surface area contributed by atoms with Crippen LogP contribution >= 0.6 is 11.6 Å². The molecule has 0 spiro atoms.